The highest BCUT2D eigenvalue weighted by Crippen LogP contribution is 2.43. The molecule has 1 aromatic rings. The number of hydrogen-bond acceptors (Lipinski definition) is 7. The summed E-state index contributed by atoms with van der Waals surface area (Å²) >= 11 is 3.36. The van der Waals surface area contributed by atoms with Gasteiger partial charge in [-0.25, -0.2) is 4.99 Å². The summed E-state index contributed by atoms with van der Waals surface area (Å²) in [5.74, 6) is -4.39. The van der Waals surface area contributed by atoms with Gasteiger partial charge in [-0.15, -0.1) is 0 Å². The quantitative estimate of drug-likeness (QED) is 0.749. The third-order valence-electron chi connectivity index (χ3n) is 3.86. The molecule has 0 fully saturated rings. The Kier molecular flexibility index (Phi) is 6.15. The fraction of sp³-hybridized carbons (Fsp3) is 0.412. The van der Waals surface area contributed by atoms with Crippen LogP contribution >= 0.6 is 15.9 Å². The Morgan fingerprint density at radius 1 is 1.36 bits per heavy atom. The number of carbonyl (C=O) groups excluding carboxylic acids is 2. The molecule has 3 unspecified atom stereocenters. The first kappa shape index (κ1) is 18.9. The molecule has 0 aliphatic carbocycles. The van der Waals surface area contributed by atoms with Gasteiger partial charge in [0, 0.05) is 10.4 Å². The van der Waals surface area contributed by atoms with Crippen LogP contribution in [0.25, 0.3) is 0 Å². The lowest BCUT2D eigenvalue weighted by molar-refractivity contribution is -0.150. The molecule has 1 aliphatic heterocycles. The molecule has 1 aromatic carbocycles. The maximum atomic E-state index is 12.5. The van der Waals surface area contributed by atoms with Crippen LogP contribution in [0.4, 0.5) is 5.69 Å². The van der Waals surface area contributed by atoms with Crippen LogP contribution in [0.15, 0.2) is 27.7 Å². The number of carbonyl (C=O) groups is 2. The number of benzene rings is 1. The zero-order chi connectivity index (χ0) is 18.6. The maximum absolute atomic E-state index is 12.5. The minimum absolute atomic E-state index is 0.0165. The molecule has 7 nitrogen and oxygen atoms in total. The Hall–Kier alpha value is -2.40. The smallest absolute Gasteiger partial charge is 0.323 e. The average Bonchev–Trinajstić information content (AvgIpc) is 2.56. The summed E-state index contributed by atoms with van der Waals surface area (Å²) < 4.78 is 10.8. The van der Waals surface area contributed by atoms with Gasteiger partial charge in [0.1, 0.15) is 11.8 Å². The van der Waals surface area contributed by atoms with Gasteiger partial charge in [-0.1, -0.05) is 15.9 Å². The minimum Gasteiger partial charge on any atom is -0.465 e. The average molecular weight is 408 g/mol. The number of rotatable bonds is 5. The first-order valence-electron chi connectivity index (χ1n) is 7.80. The number of hydrogen-bond donors (Lipinski definition) is 1. The summed E-state index contributed by atoms with van der Waals surface area (Å²) in [7, 11) is 0. The lowest BCUT2D eigenvalue weighted by atomic mass is 9.74. The molecule has 2 N–H and O–H groups in total. The largest absolute Gasteiger partial charge is 0.465 e. The summed E-state index contributed by atoms with van der Waals surface area (Å²) in [6.45, 7) is 3.59. The van der Waals surface area contributed by atoms with Crippen LogP contribution in [-0.4, -0.2) is 31.0 Å². The van der Waals surface area contributed by atoms with Crippen LogP contribution in [-0.2, 0) is 19.1 Å². The molecule has 8 heteroatoms. The lowest BCUT2D eigenvalue weighted by Crippen LogP contribution is -2.43. The van der Waals surface area contributed by atoms with E-state index in [9.17, 15) is 14.9 Å². The fourth-order valence-corrected chi connectivity index (χ4v) is 3.23. The predicted molar refractivity (Wildman–Crippen MR) is 94.0 cm³/mol. The summed E-state index contributed by atoms with van der Waals surface area (Å²) in [6, 6.07) is 7.16. The van der Waals surface area contributed by atoms with E-state index in [4.69, 9.17) is 15.2 Å². The van der Waals surface area contributed by atoms with Crippen molar-refractivity contribution in [2.24, 2.45) is 22.6 Å². The van der Waals surface area contributed by atoms with Gasteiger partial charge in [-0.3, -0.25) is 9.59 Å². The number of halogens is 1. The van der Waals surface area contributed by atoms with Gasteiger partial charge in [0.15, 0.2) is 5.92 Å². The molecule has 0 bridgehead atoms. The maximum Gasteiger partial charge on any atom is 0.323 e. The van der Waals surface area contributed by atoms with Crippen LogP contribution in [0, 0.1) is 23.2 Å². The van der Waals surface area contributed by atoms with Crippen molar-refractivity contribution < 1.29 is 19.1 Å². The number of nitrogens with zero attached hydrogens (tertiary/aromatic N) is 2. The Bertz CT molecular complexity index is 757. The molecular formula is C17H18BrN3O4. The van der Waals surface area contributed by atoms with E-state index < -0.39 is 29.7 Å². The van der Waals surface area contributed by atoms with Crippen molar-refractivity contribution in [1.82, 2.24) is 0 Å². The molecule has 0 spiro atoms. The molecule has 0 amide bonds. The summed E-state index contributed by atoms with van der Waals surface area (Å²) in [4.78, 5) is 29.0. The van der Waals surface area contributed by atoms with Gasteiger partial charge in [0.25, 0.3) is 0 Å². The Morgan fingerprint density at radius 3 is 2.64 bits per heavy atom. The highest BCUT2D eigenvalue weighted by molar-refractivity contribution is 9.10. The third kappa shape index (κ3) is 3.82. The van der Waals surface area contributed by atoms with Crippen LogP contribution in [0.1, 0.15) is 25.3 Å². The van der Waals surface area contributed by atoms with Crippen LogP contribution in [0.5, 0.6) is 0 Å². The third-order valence-corrected chi connectivity index (χ3v) is 4.35. The SMILES string of the molecule is CCOC(=O)C(C#N)C1c2cc(Br)ccc2N=C(N)C1C(=O)OCC. The number of ether oxygens (including phenoxy) is 2. The number of esters is 2. The molecule has 1 heterocycles. The Morgan fingerprint density at radius 2 is 2.04 bits per heavy atom. The second kappa shape index (κ2) is 8.12. The highest BCUT2D eigenvalue weighted by atomic mass is 79.9. The molecular weight excluding hydrogens is 390 g/mol. The van der Waals surface area contributed by atoms with E-state index in [-0.39, 0.29) is 19.0 Å². The molecule has 0 aromatic heterocycles. The van der Waals surface area contributed by atoms with Gasteiger partial charge in [-0.2, -0.15) is 5.26 Å². The van der Waals surface area contributed by atoms with Gasteiger partial charge in [-0.05, 0) is 37.6 Å². The number of fused-ring (bicyclic) bond motifs is 1. The molecule has 1 aliphatic rings. The highest BCUT2D eigenvalue weighted by Gasteiger charge is 2.46. The molecule has 25 heavy (non-hydrogen) atoms. The van der Waals surface area contributed by atoms with Gasteiger partial charge >= 0.3 is 11.9 Å². The van der Waals surface area contributed by atoms with Crippen molar-refractivity contribution in [2.45, 2.75) is 19.8 Å². The van der Waals surface area contributed by atoms with Crippen LogP contribution in [0.2, 0.25) is 0 Å². The summed E-state index contributed by atoms with van der Waals surface area (Å²) in [5, 5.41) is 9.59. The number of nitrogens with two attached hydrogens (primary N) is 1. The van der Waals surface area contributed by atoms with Crippen molar-refractivity contribution >= 4 is 39.4 Å². The van der Waals surface area contributed by atoms with Crippen LogP contribution < -0.4 is 5.73 Å². The van der Waals surface area contributed by atoms with E-state index in [0.29, 0.717) is 11.3 Å². The minimum atomic E-state index is -1.21. The first-order valence-corrected chi connectivity index (χ1v) is 8.60. The topological polar surface area (TPSA) is 115 Å². The fourth-order valence-electron chi connectivity index (χ4n) is 2.85. The zero-order valence-corrected chi connectivity index (χ0v) is 15.4. The molecule has 0 saturated carbocycles. The molecule has 2 rings (SSSR count). The van der Waals surface area contributed by atoms with Crippen LogP contribution in [0.3, 0.4) is 0 Å². The van der Waals surface area contributed by atoms with E-state index in [0.717, 1.165) is 4.47 Å². The van der Waals surface area contributed by atoms with E-state index >= 15 is 0 Å². The molecule has 3 atom stereocenters. The molecule has 0 radical (unpaired) electrons. The van der Waals surface area contributed by atoms with Gasteiger partial charge < -0.3 is 15.2 Å². The number of amidine groups is 1. The second-order valence-electron chi connectivity index (χ2n) is 5.35. The van der Waals surface area contributed by atoms with Gasteiger partial charge in [0.05, 0.1) is 25.0 Å². The Balaban J connectivity index is 2.61. The van der Waals surface area contributed by atoms with E-state index in [1.807, 2.05) is 6.07 Å². The first-order chi connectivity index (χ1) is 11.9. The van der Waals surface area contributed by atoms with E-state index in [1.54, 1.807) is 32.0 Å². The summed E-state index contributed by atoms with van der Waals surface area (Å²) in [6.07, 6.45) is 0. The number of nitriles is 1. The number of aliphatic imine (C=N–C) groups is 1. The standard InChI is InChI=1S/C17H18BrN3O4/c1-3-24-16(22)11(8-19)13-10-7-9(18)5-6-12(10)21-15(20)14(13)17(23)25-4-2/h5-7,11,13-14H,3-4H2,1-2H3,(H2,20,21). The molecule has 0 saturated heterocycles. The van der Waals surface area contributed by atoms with E-state index in [2.05, 4.69) is 20.9 Å². The second-order valence-corrected chi connectivity index (χ2v) is 6.27. The van der Waals surface area contributed by atoms with Gasteiger partial charge in [0.2, 0.25) is 0 Å². The predicted octanol–water partition coefficient (Wildman–Crippen LogP) is 2.42. The normalized spacial score (nSPS) is 19.8. The lowest BCUT2D eigenvalue weighted by Gasteiger charge is -2.32. The van der Waals surface area contributed by atoms with Crippen molar-refractivity contribution in [1.29, 1.82) is 5.26 Å². The van der Waals surface area contributed by atoms with Crippen molar-refractivity contribution in [3.05, 3.63) is 28.2 Å². The Labute approximate surface area is 153 Å². The summed E-state index contributed by atoms with van der Waals surface area (Å²) in [5.41, 5.74) is 7.08. The monoisotopic (exact) mass is 407 g/mol. The van der Waals surface area contributed by atoms with Crippen molar-refractivity contribution in [2.75, 3.05) is 13.2 Å². The van der Waals surface area contributed by atoms with E-state index in [1.165, 1.54) is 0 Å². The van der Waals surface area contributed by atoms with Crippen molar-refractivity contribution in [3.63, 3.8) is 0 Å². The molecule has 132 valence electrons. The van der Waals surface area contributed by atoms with Crippen molar-refractivity contribution in [3.8, 4) is 6.07 Å². The zero-order valence-electron chi connectivity index (χ0n) is 13.9.